The predicted octanol–water partition coefficient (Wildman–Crippen LogP) is 1.94. The average Bonchev–Trinajstić information content (AvgIpc) is 2.19. The van der Waals surface area contributed by atoms with Crippen LogP contribution in [-0.2, 0) is 17.7 Å². The number of halogens is 1. The summed E-state index contributed by atoms with van der Waals surface area (Å²) in [5.74, 6) is 0. The molecule has 0 aliphatic carbocycles. The van der Waals surface area contributed by atoms with Gasteiger partial charge in [0.05, 0.1) is 0 Å². The molecule has 0 aromatic heterocycles. The molecule has 0 saturated carbocycles. The Kier molecular flexibility index (Phi) is 4.72. The quantitative estimate of drug-likeness (QED) is 0.605. The van der Waals surface area contributed by atoms with Crippen molar-refractivity contribution in [2.24, 2.45) is 0 Å². The van der Waals surface area contributed by atoms with Crippen molar-refractivity contribution in [3.05, 3.63) is 35.9 Å². The van der Waals surface area contributed by atoms with Crippen molar-refractivity contribution in [2.45, 2.75) is 12.8 Å². The van der Waals surface area contributed by atoms with Gasteiger partial charge in [-0.15, -0.1) is 4.48 Å². The molecule has 1 N–H and O–H groups in total. The van der Waals surface area contributed by atoms with Crippen molar-refractivity contribution >= 4 is 11.3 Å². The highest BCUT2D eigenvalue weighted by atomic mass is 32.2. The molecule has 0 saturated heterocycles. The van der Waals surface area contributed by atoms with Gasteiger partial charge in [0.1, 0.15) is 0 Å². The molecule has 14 heavy (non-hydrogen) atoms. The Balaban J connectivity index is 2.26. The van der Waals surface area contributed by atoms with E-state index in [0.29, 0.717) is 12.8 Å². The van der Waals surface area contributed by atoms with Crippen LogP contribution >= 0.6 is 0 Å². The minimum Gasteiger partial charge on any atom is -0.292 e. The number of hydrogen-bond donors (Lipinski definition) is 1. The maximum absolute atomic E-state index is 12.5. The van der Waals surface area contributed by atoms with Gasteiger partial charge in [-0.3, -0.25) is 4.55 Å². The first kappa shape index (κ1) is 11.3. The highest BCUT2D eigenvalue weighted by molar-refractivity contribution is 7.76. The number of hydrogen-bond acceptors (Lipinski definition) is 1. The van der Waals surface area contributed by atoms with Crippen LogP contribution in [0.2, 0.25) is 0 Å². The van der Waals surface area contributed by atoms with Crippen LogP contribution in [0.1, 0.15) is 12.0 Å². The Morgan fingerprint density at radius 1 is 1.36 bits per heavy atom. The summed E-state index contributed by atoms with van der Waals surface area (Å²) in [6, 6.07) is 9.62. The molecule has 5 heteroatoms. The summed E-state index contributed by atoms with van der Waals surface area (Å²) in [4.78, 5) is 0. The molecule has 0 heterocycles. The molecule has 1 unspecified atom stereocenters. The van der Waals surface area contributed by atoms with E-state index in [0.717, 1.165) is 5.56 Å². The molecule has 0 radical (unpaired) electrons. The van der Waals surface area contributed by atoms with Crippen molar-refractivity contribution in [3.8, 4) is 0 Å². The van der Waals surface area contributed by atoms with E-state index >= 15 is 0 Å². The highest BCUT2D eigenvalue weighted by Gasteiger charge is 2.07. The maximum atomic E-state index is 12.5. The number of rotatable bonds is 5. The van der Waals surface area contributed by atoms with Crippen LogP contribution < -0.4 is 0 Å². The van der Waals surface area contributed by atoms with E-state index in [1.807, 2.05) is 30.3 Å². The molecule has 0 fully saturated rings. The van der Waals surface area contributed by atoms with Crippen LogP contribution in [0, 0.1) is 0 Å². The second kappa shape index (κ2) is 5.85. The van der Waals surface area contributed by atoms with Crippen molar-refractivity contribution in [1.82, 2.24) is 4.53 Å². The Morgan fingerprint density at radius 3 is 2.57 bits per heavy atom. The van der Waals surface area contributed by atoms with Gasteiger partial charge >= 0.3 is 0 Å². The fourth-order valence-corrected chi connectivity index (χ4v) is 1.42. The molecule has 1 rings (SSSR count). The van der Waals surface area contributed by atoms with Crippen LogP contribution in [0.3, 0.4) is 0 Å². The van der Waals surface area contributed by atoms with Crippen molar-refractivity contribution in [1.29, 1.82) is 0 Å². The zero-order valence-electron chi connectivity index (χ0n) is 7.60. The molecule has 0 spiro atoms. The number of nitrogens with zero attached hydrogens (tertiary/aromatic N) is 1. The van der Waals surface area contributed by atoms with Crippen LogP contribution in [0.25, 0.3) is 0 Å². The van der Waals surface area contributed by atoms with Gasteiger partial charge in [0.25, 0.3) is 11.3 Å². The average molecular weight is 217 g/mol. The van der Waals surface area contributed by atoms with Crippen molar-refractivity contribution < 1.29 is 13.2 Å². The fourth-order valence-electron chi connectivity index (χ4n) is 1.13. The minimum absolute atomic E-state index is 0.0298. The normalized spacial score (nSPS) is 13.1. The minimum atomic E-state index is -2.50. The third-order valence-electron chi connectivity index (χ3n) is 1.81. The smallest absolute Gasteiger partial charge is 0.263 e. The van der Waals surface area contributed by atoms with E-state index in [1.165, 1.54) is 0 Å². The standard InChI is InChI=1S/C9H12FNO2S/c10-11(14(12)13)8-4-7-9-5-2-1-3-6-9/h1-3,5-6H,4,7-8H2,(H,12,13). The zero-order chi connectivity index (χ0) is 10.4. The summed E-state index contributed by atoms with van der Waals surface area (Å²) in [7, 11) is 0. The van der Waals surface area contributed by atoms with Gasteiger partial charge in [0, 0.05) is 6.54 Å². The zero-order valence-corrected chi connectivity index (χ0v) is 8.41. The van der Waals surface area contributed by atoms with E-state index < -0.39 is 11.3 Å². The second-order valence-corrected chi connectivity index (χ2v) is 3.72. The molecule has 0 aliphatic rings. The number of aryl methyl sites for hydroxylation is 1. The number of benzene rings is 1. The van der Waals surface area contributed by atoms with E-state index in [9.17, 15) is 8.69 Å². The van der Waals surface area contributed by atoms with Crippen LogP contribution in [0.4, 0.5) is 4.48 Å². The Labute approximate surface area is 84.9 Å². The van der Waals surface area contributed by atoms with Gasteiger partial charge in [0.15, 0.2) is 0 Å². The monoisotopic (exact) mass is 217 g/mol. The maximum Gasteiger partial charge on any atom is 0.263 e. The van der Waals surface area contributed by atoms with Crippen molar-refractivity contribution in [3.63, 3.8) is 0 Å². The molecular weight excluding hydrogens is 205 g/mol. The third-order valence-corrected chi connectivity index (χ3v) is 2.33. The van der Waals surface area contributed by atoms with E-state index in [4.69, 9.17) is 4.55 Å². The summed E-state index contributed by atoms with van der Waals surface area (Å²) in [6.07, 6.45) is 1.23. The molecular formula is C9H12FNO2S. The summed E-state index contributed by atoms with van der Waals surface area (Å²) in [5, 5.41) is 0. The fraction of sp³-hybridized carbons (Fsp3) is 0.333. The van der Waals surface area contributed by atoms with Gasteiger partial charge in [0.2, 0.25) is 0 Å². The summed E-state index contributed by atoms with van der Waals surface area (Å²) in [5.41, 5.74) is 1.10. The molecule has 1 aromatic carbocycles. The SMILES string of the molecule is O=S(O)N(F)CCCc1ccccc1. The summed E-state index contributed by atoms with van der Waals surface area (Å²) in [6.45, 7) is -0.0298. The molecule has 0 amide bonds. The highest BCUT2D eigenvalue weighted by Crippen LogP contribution is 2.04. The summed E-state index contributed by atoms with van der Waals surface area (Å²) >= 11 is -2.50. The Bertz CT molecular complexity index is 294. The lowest BCUT2D eigenvalue weighted by atomic mass is 10.1. The largest absolute Gasteiger partial charge is 0.292 e. The second-order valence-electron chi connectivity index (χ2n) is 2.86. The molecule has 0 aliphatic heterocycles. The van der Waals surface area contributed by atoms with E-state index in [-0.39, 0.29) is 11.1 Å². The molecule has 1 atom stereocenters. The van der Waals surface area contributed by atoms with Gasteiger partial charge in [-0.25, -0.2) is 4.21 Å². The van der Waals surface area contributed by atoms with Crippen LogP contribution in [0.5, 0.6) is 0 Å². The first-order chi connectivity index (χ1) is 6.70. The van der Waals surface area contributed by atoms with Gasteiger partial charge in [-0.2, -0.15) is 0 Å². The van der Waals surface area contributed by atoms with Gasteiger partial charge in [-0.05, 0) is 22.9 Å². The molecule has 78 valence electrons. The Hall–Kier alpha value is -0.780. The third kappa shape index (κ3) is 3.95. The summed E-state index contributed by atoms with van der Waals surface area (Å²) < 4.78 is 31.0. The lowest BCUT2D eigenvalue weighted by molar-refractivity contribution is 0.134. The van der Waals surface area contributed by atoms with Crippen LogP contribution in [0.15, 0.2) is 30.3 Å². The predicted molar refractivity (Wildman–Crippen MR) is 53.3 cm³/mol. The Morgan fingerprint density at radius 2 is 2.00 bits per heavy atom. The lowest BCUT2D eigenvalue weighted by Crippen LogP contribution is -2.17. The van der Waals surface area contributed by atoms with E-state index in [1.54, 1.807) is 0 Å². The first-order valence-electron chi connectivity index (χ1n) is 4.28. The van der Waals surface area contributed by atoms with Gasteiger partial charge < -0.3 is 0 Å². The molecule has 3 nitrogen and oxygen atoms in total. The van der Waals surface area contributed by atoms with Gasteiger partial charge in [-0.1, -0.05) is 30.3 Å². The molecule has 1 aromatic rings. The molecule has 0 bridgehead atoms. The van der Waals surface area contributed by atoms with E-state index in [2.05, 4.69) is 0 Å². The first-order valence-corrected chi connectivity index (χ1v) is 5.34. The topological polar surface area (TPSA) is 40.5 Å². The lowest BCUT2D eigenvalue weighted by Gasteiger charge is -2.05. The van der Waals surface area contributed by atoms with Crippen LogP contribution in [-0.4, -0.2) is 19.8 Å². The van der Waals surface area contributed by atoms with Crippen molar-refractivity contribution in [2.75, 3.05) is 6.54 Å².